The lowest BCUT2D eigenvalue weighted by Crippen LogP contribution is -2.49. The summed E-state index contributed by atoms with van der Waals surface area (Å²) in [7, 11) is 0. The predicted molar refractivity (Wildman–Crippen MR) is 70.2 cm³/mol. The summed E-state index contributed by atoms with van der Waals surface area (Å²) < 4.78 is 0. The fraction of sp³-hybridized carbons (Fsp3) is 0.533. The van der Waals surface area contributed by atoms with Crippen LogP contribution in [0.15, 0.2) is 24.3 Å². The van der Waals surface area contributed by atoms with Crippen molar-refractivity contribution < 1.29 is 4.79 Å². The maximum absolute atomic E-state index is 12.5. The van der Waals surface area contributed by atoms with Crippen molar-refractivity contribution in [3.8, 4) is 0 Å². The van der Waals surface area contributed by atoms with Crippen LogP contribution >= 0.6 is 0 Å². The molecule has 0 radical (unpaired) electrons. The summed E-state index contributed by atoms with van der Waals surface area (Å²) in [6.45, 7) is 2.10. The summed E-state index contributed by atoms with van der Waals surface area (Å²) >= 11 is 0. The molecule has 2 nitrogen and oxygen atoms in total. The fourth-order valence-electron chi connectivity index (χ4n) is 2.63. The van der Waals surface area contributed by atoms with Crippen molar-refractivity contribution in [2.45, 2.75) is 51.0 Å². The Morgan fingerprint density at radius 3 is 2.65 bits per heavy atom. The molecule has 0 spiro atoms. The molecule has 0 atom stereocenters. The first-order valence-corrected chi connectivity index (χ1v) is 6.58. The second-order valence-corrected chi connectivity index (χ2v) is 5.10. The van der Waals surface area contributed by atoms with E-state index in [0.717, 1.165) is 37.7 Å². The standard InChI is InChI=1S/C15H21NO/c1-2-12-7-6-8-13(11-12)14(17)15(16)9-4-3-5-10-15/h6-8,11H,2-5,9-10,16H2,1H3. The fourth-order valence-corrected chi connectivity index (χ4v) is 2.63. The van der Waals surface area contributed by atoms with Crippen LogP contribution in [0.4, 0.5) is 0 Å². The van der Waals surface area contributed by atoms with Crippen molar-refractivity contribution in [2.75, 3.05) is 0 Å². The van der Waals surface area contributed by atoms with Crippen LogP contribution in [0.1, 0.15) is 54.9 Å². The van der Waals surface area contributed by atoms with E-state index in [-0.39, 0.29) is 5.78 Å². The Hall–Kier alpha value is -1.15. The van der Waals surface area contributed by atoms with Crippen molar-refractivity contribution in [1.29, 1.82) is 0 Å². The molecular weight excluding hydrogens is 210 g/mol. The van der Waals surface area contributed by atoms with Crippen LogP contribution in [-0.2, 0) is 6.42 Å². The number of benzene rings is 1. The van der Waals surface area contributed by atoms with E-state index in [4.69, 9.17) is 5.73 Å². The third-order valence-corrected chi connectivity index (χ3v) is 3.80. The van der Waals surface area contributed by atoms with E-state index in [2.05, 4.69) is 13.0 Å². The molecular formula is C15H21NO. The SMILES string of the molecule is CCc1cccc(C(=O)C2(N)CCCCC2)c1. The van der Waals surface area contributed by atoms with Crippen molar-refractivity contribution in [2.24, 2.45) is 5.73 Å². The highest BCUT2D eigenvalue weighted by Crippen LogP contribution is 2.29. The molecule has 1 aliphatic carbocycles. The summed E-state index contributed by atoms with van der Waals surface area (Å²) in [5.41, 5.74) is 7.66. The number of hydrogen-bond acceptors (Lipinski definition) is 2. The third-order valence-electron chi connectivity index (χ3n) is 3.80. The van der Waals surface area contributed by atoms with Crippen LogP contribution in [0.2, 0.25) is 0 Å². The van der Waals surface area contributed by atoms with Gasteiger partial charge in [0.15, 0.2) is 5.78 Å². The minimum atomic E-state index is -0.607. The van der Waals surface area contributed by atoms with Crippen molar-refractivity contribution in [3.05, 3.63) is 35.4 Å². The van der Waals surface area contributed by atoms with Gasteiger partial charge >= 0.3 is 0 Å². The summed E-state index contributed by atoms with van der Waals surface area (Å²) in [5, 5.41) is 0. The molecule has 0 heterocycles. The molecule has 0 amide bonds. The topological polar surface area (TPSA) is 43.1 Å². The molecule has 1 saturated carbocycles. The van der Waals surface area contributed by atoms with Crippen molar-refractivity contribution in [1.82, 2.24) is 0 Å². The van der Waals surface area contributed by atoms with Gasteiger partial charge in [-0.15, -0.1) is 0 Å². The van der Waals surface area contributed by atoms with Gasteiger partial charge in [0, 0.05) is 5.56 Å². The zero-order valence-corrected chi connectivity index (χ0v) is 10.5. The first-order valence-electron chi connectivity index (χ1n) is 6.58. The number of carbonyl (C=O) groups is 1. The summed E-state index contributed by atoms with van der Waals surface area (Å²) in [6, 6.07) is 7.90. The molecule has 1 fully saturated rings. The lowest BCUT2D eigenvalue weighted by molar-refractivity contribution is 0.0848. The van der Waals surface area contributed by atoms with Crippen LogP contribution < -0.4 is 5.73 Å². The lowest BCUT2D eigenvalue weighted by atomic mass is 9.77. The average Bonchev–Trinajstić information content (AvgIpc) is 2.39. The second-order valence-electron chi connectivity index (χ2n) is 5.10. The molecule has 0 aromatic heterocycles. The number of Topliss-reactive ketones (excluding diaryl/α,β-unsaturated/α-hetero) is 1. The Labute approximate surface area is 103 Å². The van der Waals surface area contributed by atoms with Gasteiger partial charge in [-0.25, -0.2) is 0 Å². The predicted octanol–water partition coefficient (Wildman–Crippen LogP) is 3.09. The highest BCUT2D eigenvalue weighted by atomic mass is 16.1. The molecule has 0 aliphatic heterocycles. The Morgan fingerprint density at radius 2 is 2.00 bits per heavy atom. The molecule has 2 heteroatoms. The van der Waals surface area contributed by atoms with Gasteiger partial charge in [-0.2, -0.15) is 0 Å². The van der Waals surface area contributed by atoms with Crippen LogP contribution in [0.25, 0.3) is 0 Å². The number of aryl methyl sites for hydroxylation is 1. The van der Waals surface area contributed by atoms with E-state index in [1.807, 2.05) is 18.2 Å². The van der Waals surface area contributed by atoms with Gasteiger partial charge in [-0.05, 0) is 30.9 Å². The molecule has 1 aromatic rings. The zero-order valence-electron chi connectivity index (χ0n) is 10.5. The summed E-state index contributed by atoms with van der Waals surface area (Å²) in [5.74, 6) is 0.132. The third kappa shape index (κ3) is 2.58. The maximum Gasteiger partial charge on any atom is 0.182 e. The number of ketones is 1. The smallest absolute Gasteiger partial charge is 0.182 e. The van der Waals surface area contributed by atoms with Gasteiger partial charge in [0.2, 0.25) is 0 Å². The number of nitrogens with two attached hydrogens (primary N) is 1. The summed E-state index contributed by atoms with van der Waals surface area (Å²) in [6.07, 6.45) is 6.00. The lowest BCUT2D eigenvalue weighted by Gasteiger charge is -2.31. The molecule has 2 rings (SSSR count). The zero-order chi connectivity index (χ0) is 12.3. The van der Waals surface area contributed by atoms with Gasteiger partial charge < -0.3 is 5.73 Å². The molecule has 1 aromatic carbocycles. The van der Waals surface area contributed by atoms with Crippen LogP contribution in [0.5, 0.6) is 0 Å². The number of carbonyl (C=O) groups excluding carboxylic acids is 1. The van der Waals surface area contributed by atoms with E-state index >= 15 is 0 Å². The summed E-state index contributed by atoms with van der Waals surface area (Å²) in [4.78, 5) is 12.5. The monoisotopic (exact) mass is 231 g/mol. The quantitative estimate of drug-likeness (QED) is 0.812. The molecule has 17 heavy (non-hydrogen) atoms. The van der Waals surface area contributed by atoms with Crippen LogP contribution in [-0.4, -0.2) is 11.3 Å². The van der Waals surface area contributed by atoms with Gasteiger partial charge in [-0.3, -0.25) is 4.79 Å². The number of hydrogen-bond donors (Lipinski definition) is 1. The van der Waals surface area contributed by atoms with Crippen LogP contribution in [0, 0.1) is 0 Å². The minimum Gasteiger partial charge on any atom is -0.319 e. The van der Waals surface area contributed by atoms with Gasteiger partial charge in [-0.1, -0.05) is 44.4 Å². The Bertz CT molecular complexity index is 405. The molecule has 0 saturated heterocycles. The first kappa shape index (κ1) is 12.3. The highest BCUT2D eigenvalue weighted by Gasteiger charge is 2.35. The van der Waals surface area contributed by atoms with Crippen molar-refractivity contribution in [3.63, 3.8) is 0 Å². The minimum absolute atomic E-state index is 0.132. The Balaban J connectivity index is 2.23. The van der Waals surface area contributed by atoms with Gasteiger partial charge in [0.25, 0.3) is 0 Å². The van der Waals surface area contributed by atoms with Gasteiger partial charge in [0.05, 0.1) is 5.54 Å². The molecule has 0 unspecified atom stereocenters. The van der Waals surface area contributed by atoms with E-state index in [9.17, 15) is 4.79 Å². The van der Waals surface area contributed by atoms with E-state index in [0.29, 0.717) is 0 Å². The largest absolute Gasteiger partial charge is 0.319 e. The van der Waals surface area contributed by atoms with Gasteiger partial charge in [0.1, 0.15) is 0 Å². The second kappa shape index (κ2) is 5.01. The van der Waals surface area contributed by atoms with Crippen LogP contribution in [0.3, 0.4) is 0 Å². The van der Waals surface area contributed by atoms with E-state index in [1.165, 1.54) is 12.0 Å². The number of rotatable bonds is 3. The molecule has 0 bridgehead atoms. The van der Waals surface area contributed by atoms with E-state index in [1.54, 1.807) is 0 Å². The Kier molecular flexibility index (Phi) is 3.63. The van der Waals surface area contributed by atoms with E-state index < -0.39 is 5.54 Å². The normalized spacial score (nSPS) is 18.9. The molecule has 92 valence electrons. The average molecular weight is 231 g/mol. The first-order chi connectivity index (χ1) is 8.15. The maximum atomic E-state index is 12.5. The van der Waals surface area contributed by atoms with Crippen molar-refractivity contribution >= 4 is 5.78 Å². The molecule has 1 aliphatic rings. The molecule has 2 N–H and O–H groups in total. The highest BCUT2D eigenvalue weighted by molar-refractivity contribution is 6.03. The Morgan fingerprint density at radius 1 is 1.29 bits per heavy atom.